The molecule has 0 spiro atoms. The molecule has 1 aromatic carbocycles. The summed E-state index contributed by atoms with van der Waals surface area (Å²) in [7, 11) is 0. The van der Waals surface area contributed by atoms with Crippen LogP contribution in [0.25, 0.3) is 0 Å². The number of benzene rings is 1. The molecule has 0 aromatic heterocycles. The highest BCUT2D eigenvalue weighted by atomic mass is 16.7. The number of hydrogen-bond acceptors (Lipinski definition) is 4. The highest BCUT2D eigenvalue weighted by Crippen LogP contribution is 2.40. The molecule has 134 valence electrons. The Morgan fingerprint density at radius 2 is 1.88 bits per heavy atom. The molecule has 1 aromatic rings. The van der Waals surface area contributed by atoms with Crippen molar-refractivity contribution in [3.8, 4) is 5.75 Å². The van der Waals surface area contributed by atoms with Crippen molar-refractivity contribution in [2.24, 2.45) is 0 Å². The van der Waals surface area contributed by atoms with Gasteiger partial charge in [-0.1, -0.05) is 34.6 Å². The zero-order valence-corrected chi connectivity index (χ0v) is 15.5. The number of carbonyl (C=O) groups excluding carboxylic acids is 1. The maximum absolute atomic E-state index is 11.3. The van der Waals surface area contributed by atoms with E-state index in [1.54, 1.807) is 12.1 Å². The lowest BCUT2D eigenvalue weighted by Crippen LogP contribution is -2.31. The van der Waals surface area contributed by atoms with Crippen LogP contribution >= 0.6 is 0 Å². The molecule has 2 rings (SSSR count). The van der Waals surface area contributed by atoms with Crippen LogP contribution in [0.15, 0.2) is 12.1 Å². The maximum atomic E-state index is 11.3. The Morgan fingerprint density at radius 3 is 2.42 bits per heavy atom. The van der Waals surface area contributed by atoms with Crippen LogP contribution in [0.1, 0.15) is 75.4 Å². The Bertz CT molecular complexity index is 578. The Labute approximate surface area is 145 Å². The first-order valence-electron chi connectivity index (χ1n) is 8.71. The van der Waals surface area contributed by atoms with Gasteiger partial charge < -0.3 is 14.6 Å². The SMILES string of the molecule is CC(C)(C)c1cc(C=O)cc(C(C)(C)COC2CCCCO2)c1O. The molecule has 1 fully saturated rings. The van der Waals surface area contributed by atoms with E-state index in [-0.39, 0.29) is 17.5 Å². The fourth-order valence-electron chi connectivity index (χ4n) is 3.03. The second-order valence-corrected chi connectivity index (χ2v) is 8.32. The average molecular weight is 334 g/mol. The second-order valence-electron chi connectivity index (χ2n) is 8.32. The van der Waals surface area contributed by atoms with Gasteiger partial charge in [-0.3, -0.25) is 4.79 Å². The third-order valence-electron chi connectivity index (χ3n) is 4.57. The number of hydrogen-bond donors (Lipinski definition) is 1. The number of carbonyl (C=O) groups is 1. The summed E-state index contributed by atoms with van der Waals surface area (Å²) in [6, 6.07) is 3.54. The minimum Gasteiger partial charge on any atom is -0.507 e. The van der Waals surface area contributed by atoms with Crippen molar-refractivity contribution in [2.75, 3.05) is 13.2 Å². The van der Waals surface area contributed by atoms with Gasteiger partial charge in [0.1, 0.15) is 12.0 Å². The number of phenolic OH excluding ortho intramolecular Hbond substituents is 1. The van der Waals surface area contributed by atoms with Gasteiger partial charge in [0, 0.05) is 28.7 Å². The van der Waals surface area contributed by atoms with Gasteiger partial charge in [0.25, 0.3) is 0 Å². The van der Waals surface area contributed by atoms with Crippen molar-refractivity contribution in [1.82, 2.24) is 0 Å². The monoisotopic (exact) mass is 334 g/mol. The van der Waals surface area contributed by atoms with Crippen LogP contribution in [0.5, 0.6) is 5.75 Å². The molecule has 1 N–H and O–H groups in total. The van der Waals surface area contributed by atoms with Gasteiger partial charge in [-0.05, 0) is 36.8 Å². The molecule has 1 aliphatic heterocycles. The summed E-state index contributed by atoms with van der Waals surface area (Å²) >= 11 is 0. The van der Waals surface area contributed by atoms with Gasteiger partial charge in [0.05, 0.1) is 6.61 Å². The van der Waals surface area contributed by atoms with E-state index in [0.29, 0.717) is 12.2 Å². The quantitative estimate of drug-likeness (QED) is 0.815. The standard InChI is InChI=1S/C20H30O4/c1-19(2,3)15-10-14(12-21)11-16(18(15)22)20(4,5)13-24-17-8-6-7-9-23-17/h10-12,17,22H,6-9,13H2,1-5H3. The molecule has 1 unspecified atom stereocenters. The highest BCUT2D eigenvalue weighted by molar-refractivity contribution is 5.77. The van der Waals surface area contributed by atoms with Gasteiger partial charge in [-0.2, -0.15) is 0 Å². The predicted octanol–water partition coefficient (Wildman–Crippen LogP) is 4.32. The topological polar surface area (TPSA) is 55.8 Å². The second kappa shape index (κ2) is 7.24. The van der Waals surface area contributed by atoms with E-state index < -0.39 is 5.41 Å². The van der Waals surface area contributed by atoms with Gasteiger partial charge >= 0.3 is 0 Å². The summed E-state index contributed by atoms with van der Waals surface area (Å²) in [5, 5.41) is 10.8. The molecule has 0 radical (unpaired) electrons. The molecule has 4 heteroatoms. The van der Waals surface area contributed by atoms with Gasteiger partial charge in [0.15, 0.2) is 6.29 Å². The summed E-state index contributed by atoms with van der Waals surface area (Å²) in [5.74, 6) is 0.256. The molecule has 1 saturated heterocycles. The molecule has 0 bridgehead atoms. The van der Waals surface area contributed by atoms with Crippen molar-refractivity contribution in [2.45, 2.75) is 71.0 Å². The van der Waals surface area contributed by atoms with Gasteiger partial charge in [-0.15, -0.1) is 0 Å². The van der Waals surface area contributed by atoms with E-state index in [2.05, 4.69) is 0 Å². The first kappa shape index (κ1) is 18.9. The molecule has 1 atom stereocenters. The first-order valence-corrected chi connectivity index (χ1v) is 8.71. The molecular formula is C20H30O4. The van der Waals surface area contributed by atoms with Crippen LogP contribution in [0.4, 0.5) is 0 Å². The first-order chi connectivity index (χ1) is 11.1. The molecule has 1 heterocycles. The predicted molar refractivity (Wildman–Crippen MR) is 94.8 cm³/mol. The number of ether oxygens (including phenoxy) is 2. The van der Waals surface area contributed by atoms with Crippen LogP contribution in [0.2, 0.25) is 0 Å². The zero-order chi connectivity index (χ0) is 18.0. The molecule has 0 aliphatic carbocycles. The number of aldehydes is 1. The Kier molecular flexibility index (Phi) is 5.71. The summed E-state index contributed by atoms with van der Waals surface area (Å²) in [5.41, 5.74) is 1.43. The van der Waals surface area contributed by atoms with Crippen molar-refractivity contribution >= 4 is 6.29 Å². The number of phenols is 1. The highest BCUT2D eigenvalue weighted by Gasteiger charge is 2.31. The van der Waals surface area contributed by atoms with Crippen molar-refractivity contribution in [3.05, 3.63) is 28.8 Å². The minimum absolute atomic E-state index is 0.170. The lowest BCUT2D eigenvalue weighted by Gasteiger charge is -2.32. The maximum Gasteiger partial charge on any atom is 0.157 e. The third kappa shape index (κ3) is 4.37. The minimum atomic E-state index is -0.427. The summed E-state index contributed by atoms with van der Waals surface area (Å²) in [6.07, 6.45) is 3.77. The van der Waals surface area contributed by atoms with Crippen molar-refractivity contribution in [1.29, 1.82) is 0 Å². The van der Waals surface area contributed by atoms with E-state index in [0.717, 1.165) is 43.3 Å². The lowest BCUT2D eigenvalue weighted by molar-refractivity contribution is -0.170. The van der Waals surface area contributed by atoms with Crippen LogP contribution in [-0.2, 0) is 20.3 Å². The van der Waals surface area contributed by atoms with Gasteiger partial charge in [0.2, 0.25) is 0 Å². The molecule has 1 aliphatic rings. The average Bonchev–Trinajstić information content (AvgIpc) is 2.53. The smallest absolute Gasteiger partial charge is 0.157 e. The Morgan fingerprint density at radius 1 is 1.21 bits per heavy atom. The summed E-state index contributed by atoms with van der Waals surface area (Å²) in [4.78, 5) is 11.3. The van der Waals surface area contributed by atoms with E-state index in [9.17, 15) is 9.90 Å². The van der Waals surface area contributed by atoms with Crippen molar-refractivity contribution in [3.63, 3.8) is 0 Å². The van der Waals surface area contributed by atoms with Gasteiger partial charge in [-0.25, -0.2) is 0 Å². The molecule has 0 amide bonds. The van der Waals surface area contributed by atoms with E-state index in [1.807, 2.05) is 34.6 Å². The molecule has 4 nitrogen and oxygen atoms in total. The molecule has 24 heavy (non-hydrogen) atoms. The van der Waals surface area contributed by atoms with Crippen LogP contribution in [0.3, 0.4) is 0 Å². The van der Waals surface area contributed by atoms with E-state index in [1.165, 1.54) is 0 Å². The fourth-order valence-corrected chi connectivity index (χ4v) is 3.03. The normalized spacial score (nSPS) is 19.3. The fraction of sp³-hybridized carbons (Fsp3) is 0.650. The zero-order valence-electron chi connectivity index (χ0n) is 15.5. The number of aromatic hydroxyl groups is 1. The van der Waals surface area contributed by atoms with Crippen LogP contribution < -0.4 is 0 Å². The molecular weight excluding hydrogens is 304 g/mol. The van der Waals surface area contributed by atoms with E-state index in [4.69, 9.17) is 9.47 Å². The van der Waals surface area contributed by atoms with Crippen molar-refractivity contribution < 1.29 is 19.4 Å². The van der Waals surface area contributed by atoms with Crippen LogP contribution in [-0.4, -0.2) is 30.9 Å². The Balaban J connectivity index is 2.28. The summed E-state index contributed by atoms with van der Waals surface area (Å²) in [6.45, 7) is 11.3. The largest absolute Gasteiger partial charge is 0.507 e. The molecule has 0 saturated carbocycles. The number of rotatable bonds is 5. The Hall–Kier alpha value is -1.39. The summed E-state index contributed by atoms with van der Waals surface area (Å²) < 4.78 is 11.6. The van der Waals surface area contributed by atoms with E-state index >= 15 is 0 Å². The lowest BCUT2D eigenvalue weighted by atomic mass is 9.78. The third-order valence-corrected chi connectivity index (χ3v) is 4.57. The van der Waals surface area contributed by atoms with Crippen LogP contribution in [0, 0.1) is 0 Å².